The van der Waals surface area contributed by atoms with Crippen molar-refractivity contribution in [2.45, 2.75) is 13.8 Å². The molecular formula is C9H15NO4. The fourth-order valence-electron chi connectivity index (χ4n) is 0.761. The number of hydrogen-bond donors (Lipinski definition) is 1. The number of carbonyl (C=O) groups excluding carboxylic acids is 1. The molecule has 0 atom stereocenters. The van der Waals surface area contributed by atoms with Gasteiger partial charge >= 0.3 is 12.1 Å². The first-order chi connectivity index (χ1) is 6.49. The Balaban J connectivity index is 3.77. The van der Waals surface area contributed by atoms with Crippen molar-refractivity contribution in [2.75, 3.05) is 19.7 Å². The standard InChI is InChI=1S/C9H15NO4/c1-4-10(9(12)13)5-6-14-8(11)7(2)3/h2,4-6H2,1,3H3,(H,12,13). The molecule has 5 heteroatoms. The van der Waals surface area contributed by atoms with Crippen LogP contribution in [-0.2, 0) is 9.53 Å². The first-order valence-corrected chi connectivity index (χ1v) is 4.29. The molecule has 1 N–H and O–H groups in total. The normalized spacial score (nSPS) is 9.29. The molecular weight excluding hydrogens is 186 g/mol. The molecule has 0 aromatic carbocycles. The maximum atomic E-state index is 10.9. The Morgan fingerprint density at radius 3 is 2.43 bits per heavy atom. The van der Waals surface area contributed by atoms with Crippen LogP contribution in [0.5, 0.6) is 0 Å². The third-order valence-electron chi connectivity index (χ3n) is 1.60. The van der Waals surface area contributed by atoms with E-state index in [2.05, 4.69) is 6.58 Å². The number of likely N-dealkylation sites (N-methyl/N-ethyl adjacent to an activating group) is 1. The highest BCUT2D eigenvalue weighted by Gasteiger charge is 2.09. The minimum Gasteiger partial charge on any atom is -0.465 e. The molecule has 80 valence electrons. The number of rotatable bonds is 5. The highest BCUT2D eigenvalue weighted by atomic mass is 16.5. The fraction of sp³-hybridized carbons (Fsp3) is 0.556. The van der Waals surface area contributed by atoms with Gasteiger partial charge in [0.2, 0.25) is 0 Å². The molecule has 0 bridgehead atoms. The minimum atomic E-state index is -1.01. The van der Waals surface area contributed by atoms with E-state index < -0.39 is 12.1 Å². The van der Waals surface area contributed by atoms with Gasteiger partial charge in [0.1, 0.15) is 6.61 Å². The smallest absolute Gasteiger partial charge is 0.407 e. The van der Waals surface area contributed by atoms with Crippen molar-refractivity contribution in [3.8, 4) is 0 Å². The van der Waals surface area contributed by atoms with E-state index in [9.17, 15) is 9.59 Å². The second-order valence-electron chi connectivity index (χ2n) is 2.78. The van der Waals surface area contributed by atoms with E-state index in [1.807, 2.05) is 0 Å². The molecule has 0 heterocycles. The van der Waals surface area contributed by atoms with E-state index in [0.717, 1.165) is 4.90 Å². The van der Waals surface area contributed by atoms with Gasteiger partial charge in [0.15, 0.2) is 0 Å². The lowest BCUT2D eigenvalue weighted by atomic mass is 10.4. The van der Waals surface area contributed by atoms with Gasteiger partial charge in [-0.15, -0.1) is 0 Å². The molecule has 0 radical (unpaired) electrons. The quantitative estimate of drug-likeness (QED) is 0.534. The van der Waals surface area contributed by atoms with Gasteiger partial charge in [-0.1, -0.05) is 6.58 Å². The van der Waals surface area contributed by atoms with Crippen molar-refractivity contribution in [2.24, 2.45) is 0 Å². The molecule has 0 fully saturated rings. The lowest BCUT2D eigenvalue weighted by Gasteiger charge is -2.16. The van der Waals surface area contributed by atoms with Crippen LogP contribution in [-0.4, -0.2) is 41.8 Å². The average Bonchev–Trinajstić information content (AvgIpc) is 2.11. The van der Waals surface area contributed by atoms with Gasteiger partial charge in [0.05, 0.1) is 6.54 Å². The maximum Gasteiger partial charge on any atom is 0.407 e. The molecule has 0 aliphatic rings. The van der Waals surface area contributed by atoms with Crippen LogP contribution in [0.2, 0.25) is 0 Å². The first-order valence-electron chi connectivity index (χ1n) is 4.29. The van der Waals surface area contributed by atoms with Crippen LogP contribution in [0.3, 0.4) is 0 Å². The lowest BCUT2D eigenvalue weighted by Crippen LogP contribution is -2.32. The van der Waals surface area contributed by atoms with Gasteiger partial charge in [-0.2, -0.15) is 0 Å². The Kier molecular flexibility index (Phi) is 5.36. The van der Waals surface area contributed by atoms with Crippen molar-refractivity contribution in [1.29, 1.82) is 0 Å². The summed E-state index contributed by atoms with van der Waals surface area (Å²) < 4.78 is 4.74. The van der Waals surface area contributed by atoms with Crippen molar-refractivity contribution in [3.63, 3.8) is 0 Å². The second kappa shape index (κ2) is 6.01. The number of esters is 1. The zero-order valence-corrected chi connectivity index (χ0v) is 8.45. The van der Waals surface area contributed by atoms with Gasteiger partial charge < -0.3 is 14.7 Å². The van der Waals surface area contributed by atoms with Crippen LogP contribution < -0.4 is 0 Å². The maximum absolute atomic E-state index is 10.9. The van der Waals surface area contributed by atoms with Gasteiger partial charge in [0, 0.05) is 12.1 Å². The predicted molar refractivity (Wildman–Crippen MR) is 51.0 cm³/mol. The average molecular weight is 201 g/mol. The van der Waals surface area contributed by atoms with E-state index in [4.69, 9.17) is 9.84 Å². The zero-order chi connectivity index (χ0) is 11.1. The van der Waals surface area contributed by atoms with Crippen LogP contribution in [0.1, 0.15) is 13.8 Å². The lowest BCUT2D eigenvalue weighted by molar-refractivity contribution is -0.139. The summed E-state index contributed by atoms with van der Waals surface area (Å²) in [7, 11) is 0. The van der Waals surface area contributed by atoms with E-state index in [1.165, 1.54) is 6.92 Å². The van der Waals surface area contributed by atoms with Gasteiger partial charge in [-0.3, -0.25) is 0 Å². The highest BCUT2D eigenvalue weighted by Crippen LogP contribution is 1.94. The minimum absolute atomic E-state index is 0.0613. The molecule has 0 saturated heterocycles. The molecule has 5 nitrogen and oxygen atoms in total. The number of carboxylic acid groups (broad SMARTS) is 1. The van der Waals surface area contributed by atoms with Crippen molar-refractivity contribution in [1.82, 2.24) is 4.90 Å². The third kappa shape index (κ3) is 4.49. The fourth-order valence-corrected chi connectivity index (χ4v) is 0.761. The van der Waals surface area contributed by atoms with Gasteiger partial charge in [-0.25, -0.2) is 9.59 Å². The summed E-state index contributed by atoms with van der Waals surface area (Å²) in [5.74, 6) is -0.494. The largest absolute Gasteiger partial charge is 0.465 e. The van der Waals surface area contributed by atoms with Crippen molar-refractivity contribution >= 4 is 12.1 Å². The Morgan fingerprint density at radius 1 is 1.50 bits per heavy atom. The third-order valence-corrected chi connectivity index (χ3v) is 1.60. The highest BCUT2D eigenvalue weighted by molar-refractivity contribution is 5.86. The van der Waals surface area contributed by atoms with Crippen molar-refractivity contribution in [3.05, 3.63) is 12.2 Å². The number of carbonyl (C=O) groups is 2. The Bertz CT molecular complexity index is 237. The number of amides is 1. The summed E-state index contributed by atoms with van der Waals surface area (Å²) in [5.41, 5.74) is 0.309. The van der Waals surface area contributed by atoms with E-state index in [1.54, 1.807) is 6.92 Å². The van der Waals surface area contributed by atoms with Crippen LogP contribution in [0.25, 0.3) is 0 Å². The monoisotopic (exact) mass is 201 g/mol. The SMILES string of the molecule is C=C(C)C(=O)OCCN(CC)C(=O)O. The first kappa shape index (κ1) is 12.5. The van der Waals surface area contributed by atoms with Gasteiger partial charge in [-0.05, 0) is 13.8 Å². The molecule has 0 spiro atoms. The van der Waals surface area contributed by atoms with E-state index in [-0.39, 0.29) is 13.2 Å². The summed E-state index contributed by atoms with van der Waals surface area (Å²) in [6.07, 6.45) is -1.01. The van der Waals surface area contributed by atoms with Crippen molar-refractivity contribution < 1.29 is 19.4 Å². The molecule has 14 heavy (non-hydrogen) atoms. The number of nitrogens with zero attached hydrogens (tertiary/aromatic N) is 1. The summed E-state index contributed by atoms with van der Waals surface area (Å²) in [4.78, 5) is 22.6. The number of ether oxygens (including phenoxy) is 1. The summed E-state index contributed by atoms with van der Waals surface area (Å²) in [5, 5.41) is 8.62. The molecule has 0 aromatic heterocycles. The summed E-state index contributed by atoms with van der Waals surface area (Å²) in [6.45, 7) is 7.28. The van der Waals surface area contributed by atoms with Crippen LogP contribution in [0, 0.1) is 0 Å². The van der Waals surface area contributed by atoms with E-state index >= 15 is 0 Å². The molecule has 0 rings (SSSR count). The van der Waals surface area contributed by atoms with Gasteiger partial charge in [0.25, 0.3) is 0 Å². The second-order valence-corrected chi connectivity index (χ2v) is 2.78. The zero-order valence-electron chi connectivity index (χ0n) is 8.45. The topological polar surface area (TPSA) is 66.8 Å². The molecule has 1 amide bonds. The molecule has 0 aliphatic carbocycles. The van der Waals surface area contributed by atoms with E-state index in [0.29, 0.717) is 12.1 Å². The Hall–Kier alpha value is -1.52. The molecule has 0 aliphatic heterocycles. The van der Waals surface area contributed by atoms with Crippen LogP contribution in [0.15, 0.2) is 12.2 Å². The number of hydrogen-bond acceptors (Lipinski definition) is 3. The Labute approximate surface area is 83.0 Å². The predicted octanol–water partition coefficient (Wildman–Crippen LogP) is 1.11. The van der Waals surface area contributed by atoms with Crippen LogP contribution >= 0.6 is 0 Å². The summed E-state index contributed by atoms with van der Waals surface area (Å²) >= 11 is 0. The molecule has 0 aromatic rings. The molecule has 0 saturated carbocycles. The Morgan fingerprint density at radius 2 is 2.07 bits per heavy atom. The summed E-state index contributed by atoms with van der Waals surface area (Å²) in [6, 6.07) is 0. The molecule has 0 unspecified atom stereocenters. The van der Waals surface area contributed by atoms with Crippen LogP contribution in [0.4, 0.5) is 4.79 Å².